The zero-order valence-electron chi connectivity index (χ0n) is 13.7. The molecule has 0 aliphatic rings. The molecule has 1 N–H and O–H groups in total. The molecule has 1 heterocycles. The van der Waals surface area contributed by atoms with Gasteiger partial charge in [-0.2, -0.15) is 0 Å². The lowest BCUT2D eigenvalue weighted by Gasteiger charge is -2.15. The Morgan fingerprint density at radius 1 is 1.24 bits per heavy atom. The second kappa shape index (κ2) is 7.80. The van der Waals surface area contributed by atoms with E-state index >= 15 is 0 Å². The number of amides is 1. The van der Waals surface area contributed by atoms with Crippen molar-refractivity contribution < 1.29 is 18.7 Å². The number of esters is 1. The Labute approximate surface area is 154 Å². The number of hydrogen-bond acceptors (Lipinski definition) is 4. The van der Waals surface area contributed by atoms with E-state index in [9.17, 15) is 14.0 Å². The second-order valence-corrected chi connectivity index (χ2v) is 6.17. The molecule has 5 nitrogen and oxygen atoms in total. The molecular formula is C17H15Cl2FN2O3. The summed E-state index contributed by atoms with van der Waals surface area (Å²) in [4.78, 5) is 28.4. The summed E-state index contributed by atoms with van der Waals surface area (Å²) in [5.41, 5.74) is 1.57. The maximum atomic E-state index is 13.0. The Bertz CT molecular complexity index is 820. The summed E-state index contributed by atoms with van der Waals surface area (Å²) >= 11 is 11.8. The lowest BCUT2D eigenvalue weighted by molar-refractivity contribution is -0.123. The third-order valence-electron chi connectivity index (χ3n) is 3.35. The van der Waals surface area contributed by atoms with E-state index in [1.165, 1.54) is 13.0 Å². The van der Waals surface area contributed by atoms with E-state index in [-0.39, 0.29) is 21.4 Å². The van der Waals surface area contributed by atoms with E-state index in [0.29, 0.717) is 11.3 Å². The van der Waals surface area contributed by atoms with Crippen LogP contribution in [0.15, 0.2) is 24.3 Å². The summed E-state index contributed by atoms with van der Waals surface area (Å²) in [7, 11) is 0. The first-order valence-corrected chi connectivity index (χ1v) is 8.05. The third-order valence-corrected chi connectivity index (χ3v) is 3.93. The average Bonchev–Trinajstić information content (AvgIpc) is 2.48. The van der Waals surface area contributed by atoms with Gasteiger partial charge in [0.2, 0.25) is 0 Å². The largest absolute Gasteiger partial charge is 0.449 e. The molecule has 0 saturated heterocycles. The van der Waals surface area contributed by atoms with Gasteiger partial charge in [-0.1, -0.05) is 23.2 Å². The molecule has 132 valence electrons. The van der Waals surface area contributed by atoms with Crippen molar-refractivity contribution in [2.24, 2.45) is 0 Å². The molecule has 1 aromatic heterocycles. The Morgan fingerprint density at radius 2 is 1.92 bits per heavy atom. The van der Waals surface area contributed by atoms with Crippen LogP contribution < -0.4 is 5.32 Å². The number of benzene rings is 1. The van der Waals surface area contributed by atoms with Crippen molar-refractivity contribution in [3.63, 3.8) is 0 Å². The number of carbonyl (C=O) groups excluding carboxylic acids is 2. The highest BCUT2D eigenvalue weighted by Crippen LogP contribution is 2.23. The first kappa shape index (κ1) is 19.1. The molecule has 0 aliphatic heterocycles. The van der Waals surface area contributed by atoms with Gasteiger partial charge in [-0.15, -0.1) is 0 Å². The molecule has 0 saturated carbocycles. The van der Waals surface area contributed by atoms with E-state index < -0.39 is 23.8 Å². The minimum Gasteiger partial charge on any atom is -0.449 e. The van der Waals surface area contributed by atoms with Gasteiger partial charge in [0.1, 0.15) is 11.0 Å². The van der Waals surface area contributed by atoms with Gasteiger partial charge in [-0.3, -0.25) is 4.79 Å². The van der Waals surface area contributed by atoms with Gasteiger partial charge in [0, 0.05) is 5.69 Å². The molecule has 0 unspecified atom stereocenters. The molecule has 0 spiro atoms. The van der Waals surface area contributed by atoms with Crippen molar-refractivity contribution in [3.8, 4) is 0 Å². The zero-order valence-corrected chi connectivity index (χ0v) is 15.2. The van der Waals surface area contributed by atoms with Crippen LogP contribution in [0, 0.1) is 19.7 Å². The topological polar surface area (TPSA) is 68.3 Å². The van der Waals surface area contributed by atoms with Gasteiger partial charge in [0.15, 0.2) is 6.10 Å². The highest BCUT2D eigenvalue weighted by atomic mass is 35.5. The number of anilines is 1. The number of nitrogens with zero attached hydrogens (tertiary/aromatic N) is 1. The van der Waals surface area contributed by atoms with Crippen LogP contribution in [-0.4, -0.2) is 23.0 Å². The predicted octanol–water partition coefficient (Wildman–Crippen LogP) is 4.33. The lowest BCUT2D eigenvalue weighted by Crippen LogP contribution is -2.30. The normalized spacial score (nSPS) is 11.8. The third kappa shape index (κ3) is 4.67. The smallest absolute Gasteiger partial charge is 0.342 e. The molecular weight excluding hydrogens is 370 g/mol. The number of rotatable bonds is 4. The summed E-state index contributed by atoms with van der Waals surface area (Å²) in [6.07, 6.45) is -1.12. The number of hydrogen-bond donors (Lipinski definition) is 1. The summed E-state index contributed by atoms with van der Waals surface area (Å²) in [5, 5.41) is 2.52. The van der Waals surface area contributed by atoms with Crippen LogP contribution in [-0.2, 0) is 9.53 Å². The van der Waals surface area contributed by atoms with Crippen molar-refractivity contribution in [1.82, 2.24) is 4.98 Å². The second-order valence-electron chi connectivity index (χ2n) is 5.41. The molecule has 0 bridgehead atoms. The van der Waals surface area contributed by atoms with E-state index in [0.717, 1.165) is 12.1 Å². The number of carbonyl (C=O) groups is 2. The Balaban J connectivity index is 2.09. The monoisotopic (exact) mass is 384 g/mol. The SMILES string of the molecule is Cc1cc(C)c(C(=O)O[C@@H](C)C(=O)Nc2ccc(F)cc2Cl)c(Cl)n1. The molecule has 0 radical (unpaired) electrons. The minimum atomic E-state index is -1.12. The lowest BCUT2D eigenvalue weighted by atomic mass is 10.1. The molecule has 1 atom stereocenters. The summed E-state index contributed by atoms with van der Waals surface area (Å²) < 4.78 is 18.2. The van der Waals surface area contributed by atoms with Crippen LogP contribution in [0.1, 0.15) is 28.5 Å². The van der Waals surface area contributed by atoms with Gasteiger partial charge < -0.3 is 10.1 Å². The molecule has 2 aromatic rings. The Hall–Kier alpha value is -2.18. The average molecular weight is 385 g/mol. The van der Waals surface area contributed by atoms with E-state index in [1.54, 1.807) is 19.9 Å². The van der Waals surface area contributed by atoms with Gasteiger partial charge >= 0.3 is 5.97 Å². The van der Waals surface area contributed by atoms with E-state index in [1.807, 2.05) is 0 Å². The molecule has 8 heteroatoms. The minimum absolute atomic E-state index is 0.0108. The van der Waals surface area contributed by atoms with Gasteiger partial charge in [0.25, 0.3) is 5.91 Å². The molecule has 2 rings (SSSR count). The fourth-order valence-corrected chi connectivity index (χ4v) is 2.71. The number of aromatic nitrogens is 1. The Kier molecular flexibility index (Phi) is 5.98. The molecule has 1 amide bonds. The van der Waals surface area contributed by atoms with Crippen LogP contribution in [0.25, 0.3) is 0 Å². The molecule has 0 fully saturated rings. The van der Waals surface area contributed by atoms with Crippen molar-refractivity contribution in [3.05, 3.63) is 57.1 Å². The maximum absolute atomic E-state index is 13.0. The van der Waals surface area contributed by atoms with Crippen LogP contribution >= 0.6 is 23.2 Å². The van der Waals surface area contributed by atoms with Gasteiger partial charge in [-0.25, -0.2) is 14.2 Å². The number of pyridine rings is 1. The van der Waals surface area contributed by atoms with Crippen molar-refractivity contribution in [2.45, 2.75) is 26.9 Å². The predicted molar refractivity (Wildman–Crippen MR) is 93.6 cm³/mol. The highest BCUT2D eigenvalue weighted by Gasteiger charge is 2.23. The first-order chi connectivity index (χ1) is 11.7. The zero-order chi connectivity index (χ0) is 18.7. The van der Waals surface area contributed by atoms with Crippen molar-refractivity contribution in [1.29, 1.82) is 0 Å². The number of halogens is 3. The fourth-order valence-electron chi connectivity index (χ4n) is 2.13. The first-order valence-electron chi connectivity index (χ1n) is 7.29. The van der Waals surface area contributed by atoms with Gasteiger partial charge in [-0.05, 0) is 50.6 Å². The highest BCUT2D eigenvalue weighted by molar-refractivity contribution is 6.34. The fraction of sp³-hybridized carbons (Fsp3) is 0.235. The van der Waals surface area contributed by atoms with Crippen LogP contribution in [0.3, 0.4) is 0 Å². The summed E-state index contributed by atoms with van der Waals surface area (Å²) in [6, 6.07) is 5.22. The standard InChI is InChI=1S/C17H15Cl2FN2O3/c1-8-6-9(2)21-15(19)14(8)17(24)25-10(3)16(23)22-13-5-4-11(20)7-12(13)18/h4-7,10H,1-3H3,(H,22,23)/t10-/m0/s1. The molecule has 25 heavy (non-hydrogen) atoms. The molecule has 0 aliphatic carbocycles. The number of nitrogens with one attached hydrogen (secondary N) is 1. The quantitative estimate of drug-likeness (QED) is 0.629. The van der Waals surface area contributed by atoms with Gasteiger partial charge in [0.05, 0.1) is 16.3 Å². The maximum Gasteiger partial charge on any atom is 0.342 e. The summed E-state index contributed by atoms with van der Waals surface area (Å²) in [6.45, 7) is 4.84. The molecule has 1 aromatic carbocycles. The van der Waals surface area contributed by atoms with Crippen LogP contribution in [0.4, 0.5) is 10.1 Å². The van der Waals surface area contributed by atoms with Crippen LogP contribution in [0.5, 0.6) is 0 Å². The van der Waals surface area contributed by atoms with E-state index in [4.69, 9.17) is 27.9 Å². The van der Waals surface area contributed by atoms with Crippen molar-refractivity contribution >= 4 is 40.8 Å². The van der Waals surface area contributed by atoms with Crippen LogP contribution in [0.2, 0.25) is 10.2 Å². The summed E-state index contributed by atoms with van der Waals surface area (Å²) in [5.74, 6) is -1.90. The number of ether oxygens (including phenoxy) is 1. The Morgan fingerprint density at radius 3 is 2.52 bits per heavy atom. The van der Waals surface area contributed by atoms with Crippen molar-refractivity contribution in [2.75, 3.05) is 5.32 Å². The van der Waals surface area contributed by atoms with E-state index in [2.05, 4.69) is 10.3 Å². The number of aryl methyl sites for hydroxylation is 2.